The number of amides is 1. The number of carbonyl (C=O) groups excluding carboxylic acids is 1. The predicted molar refractivity (Wildman–Crippen MR) is 93.5 cm³/mol. The van der Waals surface area contributed by atoms with Crippen LogP contribution in [0.5, 0.6) is 5.75 Å². The molecule has 0 bridgehead atoms. The number of rotatable bonds is 6. The van der Waals surface area contributed by atoms with Crippen molar-refractivity contribution >= 4 is 27.5 Å². The molecule has 0 fully saturated rings. The number of hydrogen-bond donors (Lipinski definition) is 1. The first kappa shape index (κ1) is 16.6. The maximum atomic E-state index is 11.9. The van der Waals surface area contributed by atoms with Crippen LogP contribution in [0.1, 0.15) is 25.0 Å². The fourth-order valence-corrected chi connectivity index (χ4v) is 2.59. The number of anilines is 1. The molecule has 0 atom stereocenters. The number of nitrogens with one attached hydrogen (secondary N) is 1. The highest BCUT2D eigenvalue weighted by molar-refractivity contribution is 9.10. The molecule has 4 heteroatoms. The monoisotopic (exact) mass is 361 g/mol. The highest BCUT2D eigenvalue weighted by Crippen LogP contribution is 2.26. The van der Waals surface area contributed by atoms with Crippen LogP contribution < -0.4 is 10.1 Å². The lowest BCUT2D eigenvalue weighted by Gasteiger charge is -2.10. The molecule has 0 aliphatic heterocycles. The minimum atomic E-state index is -0.171. The van der Waals surface area contributed by atoms with E-state index in [9.17, 15) is 4.79 Å². The van der Waals surface area contributed by atoms with Crippen LogP contribution in [0, 0.1) is 0 Å². The van der Waals surface area contributed by atoms with Gasteiger partial charge in [-0.2, -0.15) is 0 Å². The van der Waals surface area contributed by atoms with Crippen molar-refractivity contribution in [2.75, 3.05) is 11.9 Å². The first-order valence-corrected chi connectivity index (χ1v) is 8.21. The average Bonchev–Trinajstić information content (AvgIpc) is 2.54. The van der Waals surface area contributed by atoms with Crippen LogP contribution in [0.25, 0.3) is 0 Å². The fraction of sp³-hybridized carbons (Fsp3) is 0.278. The van der Waals surface area contributed by atoms with Gasteiger partial charge in [-0.3, -0.25) is 4.79 Å². The molecule has 2 aromatic rings. The molecule has 0 unspecified atom stereocenters. The van der Waals surface area contributed by atoms with Gasteiger partial charge in [0.15, 0.2) is 6.61 Å². The van der Waals surface area contributed by atoms with Gasteiger partial charge >= 0.3 is 0 Å². The summed E-state index contributed by atoms with van der Waals surface area (Å²) in [7, 11) is 0. The van der Waals surface area contributed by atoms with E-state index in [0.29, 0.717) is 5.75 Å². The Hall–Kier alpha value is -1.81. The molecule has 0 aliphatic carbocycles. The first-order chi connectivity index (χ1) is 10.6. The van der Waals surface area contributed by atoms with Crippen molar-refractivity contribution in [3.8, 4) is 5.75 Å². The van der Waals surface area contributed by atoms with E-state index in [1.807, 2.05) is 42.5 Å². The zero-order valence-electron chi connectivity index (χ0n) is 12.9. The summed E-state index contributed by atoms with van der Waals surface area (Å²) in [6, 6.07) is 13.7. The highest BCUT2D eigenvalue weighted by Gasteiger charge is 2.07. The van der Waals surface area contributed by atoms with E-state index >= 15 is 0 Å². The molecule has 1 amide bonds. The molecule has 22 heavy (non-hydrogen) atoms. The van der Waals surface area contributed by atoms with Crippen LogP contribution in [0.4, 0.5) is 5.69 Å². The molecule has 0 aliphatic rings. The summed E-state index contributed by atoms with van der Waals surface area (Å²) < 4.78 is 6.42. The van der Waals surface area contributed by atoms with Crippen LogP contribution in [-0.4, -0.2) is 12.5 Å². The van der Waals surface area contributed by atoms with Gasteiger partial charge in [0.2, 0.25) is 0 Å². The van der Waals surface area contributed by atoms with Crippen molar-refractivity contribution in [2.45, 2.75) is 26.7 Å². The summed E-state index contributed by atoms with van der Waals surface area (Å²) in [5.74, 6) is 0.504. The molecule has 2 rings (SSSR count). The third-order valence-corrected chi connectivity index (χ3v) is 4.03. The molecule has 3 nitrogen and oxygen atoms in total. The lowest BCUT2D eigenvalue weighted by molar-refractivity contribution is -0.118. The van der Waals surface area contributed by atoms with Crippen molar-refractivity contribution < 1.29 is 9.53 Å². The maximum Gasteiger partial charge on any atom is 0.262 e. The van der Waals surface area contributed by atoms with Gasteiger partial charge in [-0.05, 0) is 64.2 Å². The van der Waals surface area contributed by atoms with Gasteiger partial charge in [-0.1, -0.05) is 32.0 Å². The molecular formula is C18H20BrNO2. The molecule has 0 spiro atoms. The van der Waals surface area contributed by atoms with E-state index in [0.717, 1.165) is 23.0 Å². The second-order valence-electron chi connectivity index (χ2n) is 5.01. The Bertz CT molecular complexity index is 638. The SMILES string of the molecule is CCc1ccc(NC(=O)COc2ccc(CC)cc2Br)cc1. The first-order valence-electron chi connectivity index (χ1n) is 7.42. The largest absolute Gasteiger partial charge is 0.483 e. The van der Waals surface area contributed by atoms with Crippen molar-refractivity contribution in [3.63, 3.8) is 0 Å². The number of benzene rings is 2. The van der Waals surface area contributed by atoms with E-state index in [2.05, 4.69) is 35.1 Å². The zero-order chi connectivity index (χ0) is 15.9. The minimum absolute atomic E-state index is 0.0143. The predicted octanol–water partition coefficient (Wildman–Crippen LogP) is 4.59. The Morgan fingerprint density at radius 2 is 1.68 bits per heavy atom. The smallest absolute Gasteiger partial charge is 0.262 e. The standard InChI is InChI=1S/C18H20BrNO2/c1-3-13-5-8-15(9-6-13)20-18(21)12-22-17-10-7-14(4-2)11-16(17)19/h5-11H,3-4,12H2,1-2H3,(H,20,21). The third-order valence-electron chi connectivity index (χ3n) is 3.41. The second kappa shape index (κ2) is 7.99. The highest BCUT2D eigenvalue weighted by atomic mass is 79.9. The van der Waals surface area contributed by atoms with Crippen LogP contribution in [0.2, 0.25) is 0 Å². The van der Waals surface area contributed by atoms with Gasteiger partial charge in [0.1, 0.15) is 5.75 Å². The van der Waals surface area contributed by atoms with E-state index in [1.165, 1.54) is 11.1 Å². The van der Waals surface area contributed by atoms with Crippen molar-refractivity contribution in [3.05, 3.63) is 58.1 Å². The Morgan fingerprint density at radius 1 is 1.05 bits per heavy atom. The van der Waals surface area contributed by atoms with E-state index < -0.39 is 0 Å². The quantitative estimate of drug-likeness (QED) is 0.816. The Morgan fingerprint density at radius 3 is 2.27 bits per heavy atom. The Balaban J connectivity index is 1.89. The van der Waals surface area contributed by atoms with Gasteiger partial charge in [0.05, 0.1) is 4.47 Å². The van der Waals surface area contributed by atoms with Crippen molar-refractivity contribution in [2.24, 2.45) is 0 Å². The lowest BCUT2D eigenvalue weighted by atomic mass is 10.1. The molecule has 2 aromatic carbocycles. The van der Waals surface area contributed by atoms with E-state index in [4.69, 9.17) is 4.74 Å². The minimum Gasteiger partial charge on any atom is -0.483 e. The van der Waals surface area contributed by atoms with Gasteiger partial charge in [-0.25, -0.2) is 0 Å². The second-order valence-corrected chi connectivity index (χ2v) is 5.86. The summed E-state index contributed by atoms with van der Waals surface area (Å²) in [4.78, 5) is 11.9. The van der Waals surface area contributed by atoms with Gasteiger partial charge in [0, 0.05) is 5.69 Å². The average molecular weight is 362 g/mol. The zero-order valence-corrected chi connectivity index (χ0v) is 14.4. The van der Waals surface area contributed by atoms with E-state index in [-0.39, 0.29) is 12.5 Å². The van der Waals surface area contributed by atoms with Crippen LogP contribution in [-0.2, 0) is 17.6 Å². The maximum absolute atomic E-state index is 11.9. The van der Waals surface area contributed by atoms with Gasteiger partial charge in [-0.15, -0.1) is 0 Å². The molecule has 0 radical (unpaired) electrons. The fourth-order valence-electron chi connectivity index (χ4n) is 2.05. The summed E-state index contributed by atoms with van der Waals surface area (Å²) in [5.41, 5.74) is 3.25. The molecule has 0 saturated heterocycles. The number of aryl methyl sites for hydroxylation is 2. The normalized spacial score (nSPS) is 10.3. The lowest BCUT2D eigenvalue weighted by Crippen LogP contribution is -2.20. The molecular weight excluding hydrogens is 342 g/mol. The Labute approximate surface area is 139 Å². The number of carbonyl (C=O) groups is 1. The van der Waals surface area contributed by atoms with Crippen molar-refractivity contribution in [1.82, 2.24) is 0 Å². The molecule has 0 heterocycles. The van der Waals surface area contributed by atoms with Crippen LogP contribution in [0.3, 0.4) is 0 Å². The van der Waals surface area contributed by atoms with E-state index in [1.54, 1.807) is 0 Å². The van der Waals surface area contributed by atoms with Gasteiger partial charge < -0.3 is 10.1 Å². The summed E-state index contributed by atoms with van der Waals surface area (Å²) >= 11 is 3.46. The number of halogens is 1. The van der Waals surface area contributed by atoms with Crippen molar-refractivity contribution in [1.29, 1.82) is 0 Å². The molecule has 116 valence electrons. The van der Waals surface area contributed by atoms with Crippen LogP contribution in [0.15, 0.2) is 46.9 Å². The molecule has 0 saturated carbocycles. The summed E-state index contributed by atoms with van der Waals surface area (Å²) in [6.07, 6.45) is 1.95. The summed E-state index contributed by atoms with van der Waals surface area (Å²) in [6.45, 7) is 4.18. The summed E-state index contributed by atoms with van der Waals surface area (Å²) in [5, 5.41) is 2.83. The number of hydrogen-bond acceptors (Lipinski definition) is 2. The van der Waals surface area contributed by atoms with Crippen LogP contribution >= 0.6 is 15.9 Å². The molecule has 0 aromatic heterocycles. The number of ether oxygens (including phenoxy) is 1. The molecule has 1 N–H and O–H groups in total. The Kier molecular flexibility index (Phi) is 6.01. The topological polar surface area (TPSA) is 38.3 Å². The van der Waals surface area contributed by atoms with Gasteiger partial charge in [0.25, 0.3) is 5.91 Å². The third kappa shape index (κ3) is 4.60.